The number of halogens is 4. The molecular formula is C17H14ClF3N2O2S. The molecule has 0 atom stereocenters. The Hall–Kier alpha value is -2.19. The molecule has 2 rings (SSSR count). The van der Waals surface area contributed by atoms with Gasteiger partial charge in [0.15, 0.2) is 17.5 Å². The van der Waals surface area contributed by atoms with Gasteiger partial charge in [-0.3, -0.25) is 9.59 Å². The number of anilines is 1. The summed E-state index contributed by atoms with van der Waals surface area (Å²) in [7, 11) is 0. The van der Waals surface area contributed by atoms with Crippen molar-refractivity contribution in [3.63, 3.8) is 0 Å². The maximum Gasteiger partial charge on any atom is 0.243 e. The molecule has 0 saturated carbocycles. The van der Waals surface area contributed by atoms with Crippen LogP contribution < -0.4 is 10.6 Å². The van der Waals surface area contributed by atoms with Crippen LogP contribution >= 0.6 is 23.4 Å². The van der Waals surface area contributed by atoms with Crippen molar-refractivity contribution in [2.75, 3.05) is 17.6 Å². The number of nitrogens with one attached hydrogen (secondary N) is 2. The molecule has 138 valence electrons. The van der Waals surface area contributed by atoms with Crippen LogP contribution in [0.5, 0.6) is 0 Å². The second-order valence-corrected chi connectivity index (χ2v) is 6.70. The van der Waals surface area contributed by atoms with E-state index in [1.807, 2.05) is 12.1 Å². The minimum absolute atomic E-state index is 0.167. The molecule has 2 N–H and O–H groups in total. The van der Waals surface area contributed by atoms with Gasteiger partial charge in [0.05, 0.1) is 12.2 Å². The van der Waals surface area contributed by atoms with Gasteiger partial charge in [-0.15, -0.1) is 11.8 Å². The van der Waals surface area contributed by atoms with Gasteiger partial charge in [-0.1, -0.05) is 11.6 Å². The van der Waals surface area contributed by atoms with Crippen LogP contribution in [0.2, 0.25) is 5.02 Å². The molecular weight excluding hydrogens is 389 g/mol. The lowest BCUT2D eigenvalue weighted by Gasteiger charge is -2.08. The Balaban J connectivity index is 1.72. The zero-order valence-electron chi connectivity index (χ0n) is 13.3. The van der Waals surface area contributed by atoms with Crippen molar-refractivity contribution in [1.29, 1.82) is 0 Å². The molecule has 4 nitrogen and oxygen atoms in total. The van der Waals surface area contributed by atoms with Gasteiger partial charge in [0.2, 0.25) is 11.8 Å². The molecule has 0 saturated heterocycles. The van der Waals surface area contributed by atoms with Crippen LogP contribution in [0.15, 0.2) is 41.3 Å². The van der Waals surface area contributed by atoms with Gasteiger partial charge in [-0.2, -0.15) is 0 Å². The fourth-order valence-corrected chi connectivity index (χ4v) is 2.85. The Morgan fingerprint density at radius 2 is 1.65 bits per heavy atom. The first-order valence-electron chi connectivity index (χ1n) is 7.45. The molecule has 0 unspecified atom stereocenters. The molecule has 0 fully saturated rings. The van der Waals surface area contributed by atoms with Gasteiger partial charge in [0.1, 0.15) is 0 Å². The van der Waals surface area contributed by atoms with E-state index in [0.29, 0.717) is 16.8 Å². The lowest BCUT2D eigenvalue weighted by atomic mass is 10.2. The number of rotatable bonds is 7. The van der Waals surface area contributed by atoms with Crippen LogP contribution in [0.25, 0.3) is 0 Å². The van der Waals surface area contributed by atoms with Crippen molar-refractivity contribution in [2.24, 2.45) is 0 Å². The Morgan fingerprint density at radius 1 is 0.962 bits per heavy atom. The fraction of sp³-hybridized carbons (Fsp3) is 0.176. The lowest BCUT2D eigenvalue weighted by Crippen LogP contribution is -2.33. The third-order valence-electron chi connectivity index (χ3n) is 3.17. The lowest BCUT2D eigenvalue weighted by molar-refractivity contribution is -0.123. The summed E-state index contributed by atoms with van der Waals surface area (Å²) in [6, 6.07) is 8.73. The predicted molar refractivity (Wildman–Crippen MR) is 94.7 cm³/mol. The van der Waals surface area contributed by atoms with E-state index in [2.05, 4.69) is 10.6 Å². The van der Waals surface area contributed by atoms with E-state index in [-0.39, 0.29) is 12.3 Å². The Bertz CT molecular complexity index is 803. The highest BCUT2D eigenvalue weighted by Crippen LogP contribution is 2.21. The number of hydrogen-bond donors (Lipinski definition) is 2. The molecule has 0 aliphatic heterocycles. The first-order valence-corrected chi connectivity index (χ1v) is 8.81. The number of carbonyl (C=O) groups is 2. The topological polar surface area (TPSA) is 58.2 Å². The minimum atomic E-state index is -1.67. The number of carbonyl (C=O) groups excluding carboxylic acids is 2. The largest absolute Gasteiger partial charge is 0.347 e. The normalized spacial score (nSPS) is 10.5. The summed E-state index contributed by atoms with van der Waals surface area (Å²) in [5, 5.41) is 5.06. The molecule has 2 aromatic carbocycles. The highest BCUT2D eigenvalue weighted by Gasteiger charge is 2.15. The highest BCUT2D eigenvalue weighted by atomic mass is 35.5. The van der Waals surface area contributed by atoms with Crippen molar-refractivity contribution in [3.8, 4) is 0 Å². The van der Waals surface area contributed by atoms with E-state index in [1.165, 1.54) is 11.8 Å². The van der Waals surface area contributed by atoms with Crippen LogP contribution in [0.3, 0.4) is 0 Å². The summed E-state index contributed by atoms with van der Waals surface area (Å²) in [6.45, 7) is -0.414. The first kappa shape index (κ1) is 20.1. The van der Waals surface area contributed by atoms with Gasteiger partial charge in [-0.25, -0.2) is 13.2 Å². The van der Waals surface area contributed by atoms with Crippen LogP contribution in [-0.4, -0.2) is 24.1 Å². The number of hydrogen-bond acceptors (Lipinski definition) is 3. The molecule has 0 aromatic heterocycles. The van der Waals surface area contributed by atoms with E-state index in [4.69, 9.17) is 11.6 Å². The van der Waals surface area contributed by atoms with E-state index in [9.17, 15) is 22.8 Å². The van der Waals surface area contributed by atoms with Crippen LogP contribution in [0, 0.1) is 17.5 Å². The highest BCUT2D eigenvalue weighted by molar-refractivity contribution is 7.99. The number of amides is 2. The number of thioether (sulfide) groups is 1. The molecule has 0 radical (unpaired) electrons. The average Bonchev–Trinajstić information content (AvgIpc) is 2.62. The van der Waals surface area contributed by atoms with Crippen LogP contribution in [-0.2, 0) is 9.59 Å². The zero-order valence-corrected chi connectivity index (χ0v) is 14.9. The van der Waals surface area contributed by atoms with Crippen molar-refractivity contribution < 1.29 is 22.8 Å². The van der Waals surface area contributed by atoms with Crippen molar-refractivity contribution in [1.82, 2.24) is 5.32 Å². The van der Waals surface area contributed by atoms with Gasteiger partial charge < -0.3 is 10.6 Å². The number of benzene rings is 2. The van der Waals surface area contributed by atoms with E-state index in [1.54, 1.807) is 12.1 Å². The molecule has 0 aliphatic carbocycles. The molecule has 2 amide bonds. The Kier molecular flexibility index (Phi) is 7.35. The predicted octanol–water partition coefficient (Wildman–Crippen LogP) is 3.99. The molecule has 2 aromatic rings. The fourth-order valence-electron chi connectivity index (χ4n) is 1.88. The first-order chi connectivity index (χ1) is 12.4. The monoisotopic (exact) mass is 402 g/mol. The van der Waals surface area contributed by atoms with Gasteiger partial charge in [-0.05, 0) is 36.4 Å². The van der Waals surface area contributed by atoms with Crippen LogP contribution in [0.1, 0.15) is 6.42 Å². The summed E-state index contributed by atoms with van der Waals surface area (Å²) in [4.78, 5) is 24.3. The molecule has 0 bridgehead atoms. The van der Waals surface area contributed by atoms with Gasteiger partial charge in [0, 0.05) is 22.1 Å². The third-order valence-corrected chi connectivity index (χ3v) is 4.43. The minimum Gasteiger partial charge on any atom is -0.347 e. The smallest absolute Gasteiger partial charge is 0.243 e. The summed E-state index contributed by atoms with van der Waals surface area (Å²) in [6.07, 6.45) is 0.167. The van der Waals surface area contributed by atoms with E-state index in [0.717, 1.165) is 11.0 Å². The average molecular weight is 403 g/mol. The quantitative estimate of drug-likeness (QED) is 0.543. The van der Waals surface area contributed by atoms with Crippen molar-refractivity contribution in [3.05, 3.63) is 58.9 Å². The van der Waals surface area contributed by atoms with Gasteiger partial charge >= 0.3 is 0 Å². The molecule has 0 aliphatic rings. The van der Waals surface area contributed by atoms with Crippen molar-refractivity contribution >= 4 is 40.9 Å². The molecule has 0 spiro atoms. The third kappa shape index (κ3) is 5.96. The standard InChI is InChI=1S/C17H14ClF3N2O2S/c18-10-1-3-11(4-2-10)26-8-7-14(24)22-9-15(25)23-13-6-5-12(19)16(20)17(13)21/h1-6H,7-9H2,(H,22,24)(H,23,25). The zero-order chi connectivity index (χ0) is 19.1. The second-order valence-electron chi connectivity index (χ2n) is 5.10. The second kappa shape index (κ2) is 9.49. The molecule has 0 heterocycles. The summed E-state index contributed by atoms with van der Waals surface area (Å²) >= 11 is 7.23. The van der Waals surface area contributed by atoms with Crippen molar-refractivity contribution in [2.45, 2.75) is 11.3 Å². The Labute approximate surface area is 157 Å². The van der Waals surface area contributed by atoms with E-state index >= 15 is 0 Å². The Morgan fingerprint density at radius 3 is 2.35 bits per heavy atom. The van der Waals surface area contributed by atoms with E-state index < -0.39 is 35.6 Å². The molecule has 9 heteroatoms. The van der Waals surface area contributed by atoms with Gasteiger partial charge in [0.25, 0.3) is 0 Å². The maximum atomic E-state index is 13.4. The maximum absolute atomic E-state index is 13.4. The van der Waals surface area contributed by atoms with Crippen LogP contribution in [0.4, 0.5) is 18.9 Å². The summed E-state index contributed by atoms with van der Waals surface area (Å²) in [5.41, 5.74) is -0.499. The molecule has 26 heavy (non-hydrogen) atoms. The summed E-state index contributed by atoms with van der Waals surface area (Å²) < 4.78 is 39.3. The summed E-state index contributed by atoms with van der Waals surface area (Å²) in [5.74, 6) is -5.16. The SMILES string of the molecule is O=C(CCSc1ccc(Cl)cc1)NCC(=O)Nc1ccc(F)c(F)c1F.